The number of aromatic nitrogens is 2. The largest absolute Gasteiger partial charge is 0.291 e. The van der Waals surface area contributed by atoms with Gasteiger partial charge in [-0.3, -0.25) is 9.89 Å². The molecule has 3 rings (SSSR count). The molecular weight excluding hydrogens is 320 g/mol. The van der Waals surface area contributed by atoms with E-state index in [1.165, 1.54) is 0 Å². The van der Waals surface area contributed by atoms with E-state index < -0.39 is 0 Å². The Labute approximate surface area is 143 Å². The summed E-state index contributed by atoms with van der Waals surface area (Å²) < 4.78 is 0. The molecule has 5 nitrogen and oxygen atoms in total. The molecule has 0 radical (unpaired) electrons. The van der Waals surface area contributed by atoms with Crippen molar-refractivity contribution >= 4 is 29.5 Å². The summed E-state index contributed by atoms with van der Waals surface area (Å²) in [6, 6.07) is 15.6. The van der Waals surface area contributed by atoms with Gasteiger partial charge in [-0.1, -0.05) is 42.5 Å². The lowest BCUT2D eigenvalue weighted by Gasteiger charge is -1.96. The molecule has 2 aromatic heterocycles. The first kappa shape index (κ1) is 15.9. The van der Waals surface area contributed by atoms with Crippen LogP contribution in [0.5, 0.6) is 0 Å². The fraction of sp³-hybridized carbons (Fsp3) is 0.0556. The quantitative estimate of drug-likeness (QED) is 0.547. The first-order chi connectivity index (χ1) is 11.7. The van der Waals surface area contributed by atoms with Gasteiger partial charge in [-0.25, -0.2) is 5.43 Å². The van der Waals surface area contributed by atoms with E-state index in [4.69, 9.17) is 0 Å². The normalized spacial score (nSPS) is 11.8. The second-order valence-electron chi connectivity index (χ2n) is 5.14. The molecule has 0 aliphatic carbocycles. The first-order valence-electron chi connectivity index (χ1n) is 7.38. The van der Waals surface area contributed by atoms with E-state index in [0.717, 1.165) is 21.7 Å². The van der Waals surface area contributed by atoms with Crippen LogP contribution >= 0.6 is 11.3 Å². The Kier molecular flexibility index (Phi) is 4.98. The summed E-state index contributed by atoms with van der Waals surface area (Å²) in [4.78, 5) is 13.1. The molecule has 24 heavy (non-hydrogen) atoms. The van der Waals surface area contributed by atoms with Gasteiger partial charge in [-0.05, 0) is 35.6 Å². The number of hydrogen-bond acceptors (Lipinski definition) is 4. The molecule has 120 valence electrons. The van der Waals surface area contributed by atoms with E-state index in [1.807, 2.05) is 60.8 Å². The number of thiophene rings is 1. The standard InChI is InChI=1S/C18H16N4OS/c1-13(10-14-6-3-2-4-7-14)12-19-22-18(23)16-11-15(20-21-16)17-8-5-9-24-17/h2-12H,1H3,(H,20,21)(H,22,23)/b13-10+,19-12-. The Morgan fingerprint density at radius 1 is 1.25 bits per heavy atom. The highest BCUT2D eigenvalue weighted by atomic mass is 32.1. The molecular formula is C18H16N4OS. The second-order valence-corrected chi connectivity index (χ2v) is 6.09. The van der Waals surface area contributed by atoms with Crippen molar-refractivity contribution in [3.8, 4) is 10.6 Å². The summed E-state index contributed by atoms with van der Waals surface area (Å²) in [6.07, 6.45) is 3.59. The number of rotatable bonds is 5. The zero-order valence-corrected chi connectivity index (χ0v) is 13.9. The van der Waals surface area contributed by atoms with Gasteiger partial charge in [0.2, 0.25) is 0 Å². The lowest BCUT2D eigenvalue weighted by molar-refractivity contribution is 0.0950. The van der Waals surface area contributed by atoms with Crippen LogP contribution in [0.1, 0.15) is 23.0 Å². The molecule has 0 unspecified atom stereocenters. The fourth-order valence-electron chi connectivity index (χ4n) is 2.10. The summed E-state index contributed by atoms with van der Waals surface area (Å²) in [5.41, 5.74) is 5.63. The van der Waals surface area contributed by atoms with Crippen molar-refractivity contribution in [1.29, 1.82) is 0 Å². The number of H-pyrrole nitrogens is 1. The van der Waals surface area contributed by atoms with E-state index >= 15 is 0 Å². The third kappa shape index (κ3) is 4.05. The second kappa shape index (κ2) is 7.52. The molecule has 1 aromatic carbocycles. The lowest BCUT2D eigenvalue weighted by Crippen LogP contribution is -2.17. The molecule has 0 aliphatic rings. The molecule has 2 N–H and O–H groups in total. The summed E-state index contributed by atoms with van der Waals surface area (Å²) in [6.45, 7) is 1.92. The molecule has 0 atom stereocenters. The molecule has 1 amide bonds. The van der Waals surface area contributed by atoms with Crippen molar-refractivity contribution in [2.24, 2.45) is 5.10 Å². The number of amides is 1. The number of nitrogens with one attached hydrogen (secondary N) is 2. The molecule has 0 saturated heterocycles. The van der Waals surface area contributed by atoms with Crippen LogP contribution in [0.15, 0.2) is 64.6 Å². The predicted octanol–water partition coefficient (Wildman–Crippen LogP) is 3.96. The van der Waals surface area contributed by atoms with Crippen LogP contribution in [0.3, 0.4) is 0 Å². The van der Waals surface area contributed by atoms with Crippen molar-refractivity contribution in [2.75, 3.05) is 0 Å². The maximum Gasteiger partial charge on any atom is 0.291 e. The summed E-state index contributed by atoms with van der Waals surface area (Å²) in [5.74, 6) is -0.349. The van der Waals surface area contributed by atoms with Crippen molar-refractivity contribution in [1.82, 2.24) is 15.6 Å². The summed E-state index contributed by atoms with van der Waals surface area (Å²) in [5, 5.41) is 12.8. The highest BCUT2D eigenvalue weighted by Crippen LogP contribution is 2.22. The number of allylic oxidation sites excluding steroid dienone is 1. The number of carbonyl (C=O) groups is 1. The van der Waals surface area contributed by atoms with Gasteiger partial charge in [-0.2, -0.15) is 10.2 Å². The van der Waals surface area contributed by atoms with Crippen LogP contribution in [0, 0.1) is 0 Å². The van der Waals surface area contributed by atoms with Gasteiger partial charge in [0.05, 0.1) is 16.8 Å². The Bertz CT molecular complexity index is 864. The topological polar surface area (TPSA) is 70.1 Å². The minimum Gasteiger partial charge on any atom is -0.276 e. The molecule has 0 saturated carbocycles. The Morgan fingerprint density at radius 2 is 2.08 bits per heavy atom. The zero-order chi connectivity index (χ0) is 16.8. The SMILES string of the molecule is CC(/C=N\NC(=O)c1cc(-c2cccs2)[nH]n1)=C\c1ccccc1. The lowest BCUT2D eigenvalue weighted by atomic mass is 10.1. The highest BCUT2D eigenvalue weighted by molar-refractivity contribution is 7.13. The predicted molar refractivity (Wildman–Crippen MR) is 98.0 cm³/mol. The van der Waals surface area contributed by atoms with Crippen LogP contribution in [0.2, 0.25) is 0 Å². The Balaban J connectivity index is 1.60. The van der Waals surface area contributed by atoms with Crippen LogP contribution < -0.4 is 5.43 Å². The van der Waals surface area contributed by atoms with Crippen molar-refractivity contribution in [2.45, 2.75) is 6.92 Å². The van der Waals surface area contributed by atoms with Crippen molar-refractivity contribution in [3.05, 3.63) is 70.7 Å². The number of nitrogens with zero attached hydrogens (tertiary/aromatic N) is 2. The third-order valence-corrected chi connectivity index (χ3v) is 4.13. The summed E-state index contributed by atoms with van der Waals surface area (Å²) in [7, 11) is 0. The van der Waals surface area contributed by atoms with Gasteiger partial charge in [0, 0.05) is 0 Å². The maximum atomic E-state index is 12.0. The van der Waals surface area contributed by atoms with Gasteiger partial charge >= 0.3 is 0 Å². The van der Waals surface area contributed by atoms with Crippen molar-refractivity contribution in [3.63, 3.8) is 0 Å². The molecule has 0 spiro atoms. The third-order valence-electron chi connectivity index (χ3n) is 3.23. The van der Waals surface area contributed by atoms with Gasteiger partial charge in [-0.15, -0.1) is 11.3 Å². The van der Waals surface area contributed by atoms with Crippen LogP contribution in [0.4, 0.5) is 0 Å². The first-order valence-corrected chi connectivity index (χ1v) is 8.26. The number of aromatic amines is 1. The Morgan fingerprint density at radius 3 is 2.83 bits per heavy atom. The molecule has 0 bridgehead atoms. The molecule has 0 aliphatic heterocycles. The number of hydrogen-bond donors (Lipinski definition) is 2. The number of carbonyl (C=O) groups excluding carboxylic acids is 1. The molecule has 3 aromatic rings. The van der Waals surface area contributed by atoms with Gasteiger partial charge in [0.25, 0.3) is 5.91 Å². The van der Waals surface area contributed by atoms with E-state index in [2.05, 4.69) is 20.7 Å². The molecule has 6 heteroatoms. The molecule has 2 heterocycles. The average Bonchev–Trinajstić information content (AvgIpc) is 3.27. The molecule has 0 fully saturated rings. The number of benzene rings is 1. The van der Waals surface area contributed by atoms with E-state index in [9.17, 15) is 4.79 Å². The number of hydrazone groups is 1. The van der Waals surface area contributed by atoms with Gasteiger partial charge < -0.3 is 0 Å². The highest BCUT2D eigenvalue weighted by Gasteiger charge is 2.10. The van der Waals surface area contributed by atoms with E-state index in [-0.39, 0.29) is 5.91 Å². The smallest absolute Gasteiger partial charge is 0.276 e. The minimum absolute atomic E-state index is 0.306. The maximum absolute atomic E-state index is 12.0. The van der Waals surface area contributed by atoms with Crippen LogP contribution in [0.25, 0.3) is 16.6 Å². The van der Waals surface area contributed by atoms with Crippen molar-refractivity contribution < 1.29 is 4.79 Å². The van der Waals surface area contributed by atoms with E-state index in [1.54, 1.807) is 23.6 Å². The van der Waals surface area contributed by atoms with Gasteiger partial charge in [0.1, 0.15) is 0 Å². The summed E-state index contributed by atoms with van der Waals surface area (Å²) >= 11 is 1.58. The Hall–Kier alpha value is -2.99. The minimum atomic E-state index is -0.349. The average molecular weight is 336 g/mol. The van der Waals surface area contributed by atoms with Crippen LogP contribution in [-0.2, 0) is 0 Å². The van der Waals surface area contributed by atoms with E-state index in [0.29, 0.717) is 5.69 Å². The monoisotopic (exact) mass is 336 g/mol. The van der Waals surface area contributed by atoms with Gasteiger partial charge in [0.15, 0.2) is 5.69 Å². The zero-order valence-electron chi connectivity index (χ0n) is 13.1. The fourth-order valence-corrected chi connectivity index (χ4v) is 2.79. The van der Waals surface area contributed by atoms with Crippen LogP contribution in [-0.4, -0.2) is 22.3 Å².